The molecular weight excluding hydrogens is 238 g/mol. The van der Waals surface area contributed by atoms with Crippen molar-refractivity contribution in [1.29, 1.82) is 0 Å². The summed E-state index contributed by atoms with van der Waals surface area (Å²) in [6, 6.07) is 7.25. The van der Waals surface area contributed by atoms with E-state index in [1.54, 1.807) is 12.1 Å². The molecule has 1 aliphatic heterocycles. The number of hydrogen-bond donors (Lipinski definition) is 1. The quantitative estimate of drug-likeness (QED) is 0.839. The van der Waals surface area contributed by atoms with Crippen LogP contribution in [0.25, 0.3) is 0 Å². The third-order valence-corrected chi connectivity index (χ3v) is 2.90. The SMILES string of the molecule is Cl.O=Cc1ccc(OCC2CCCNC2)cc1. The van der Waals surface area contributed by atoms with Crippen molar-refractivity contribution in [1.82, 2.24) is 5.32 Å². The zero-order chi connectivity index (χ0) is 11.2. The summed E-state index contributed by atoms with van der Waals surface area (Å²) in [6.45, 7) is 2.93. The second-order valence-electron chi connectivity index (χ2n) is 4.21. The monoisotopic (exact) mass is 255 g/mol. The van der Waals surface area contributed by atoms with Gasteiger partial charge in [-0.15, -0.1) is 12.4 Å². The van der Waals surface area contributed by atoms with Crippen molar-refractivity contribution in [3.8, 4) is 5.75 Å². The molecule has 4 heteroatoms. The smallest absolute Gasteiger partial charge is 0.150 e. The van der Waals surface area contributed by atoms with Crippen LogP contribution in [0.4, 0.5) is 0 Å². The standard InChI is InChI=1S/C13H17NO2.ClH/c15-9-11-3-5-13(6-4-11)16-10-12-2-1-7-14-8-12;/h3-6,9,12,14H,1-2,7-8,10H2;1H. The largest absolute Gasteiger partial charge is 0.493 e. The van der Waals surface area contributed by atoms with Gasteiger partial charge in [0.15, 0.2) is 0 Å². The molecule has 1 aromatic carbocycles. The maximum atomic E-state index is 10.5. The van der Waals surface area contributed by atoms with E-state index in [9.17, 15) is 4.79 Å². The maximum absolute atomic E-state index is 10.5. The summed E-state index contributed by atoms with van der Waals surface area (Å²) in [5.41, 5.74) is 0.687. The van der Waals surface area contributed by atoms with Gasteiger partial charge < -0.3 is 10.1 Å². The molecule has 0 bridgehead atoms. The Morgan fingerprint density at radius 2 is 2.12 bits per heavy atom. The minimum atomic E-state index is 0. The fourth-order valence-electron chi connectivity index (χ4n) is 1.92. The van der Waals surface area contributed by atoms with Gasteiger partial charge in [0.1, 0.15) is 12.0 Å². The molecule has 0 aliphatic carbocycles. The van der Waals surface area contributed by atoms with Crippen LogP contribution in [0.5, 0.6) is 5.75 Å². The van der Waals surface area contributed by atoms with E-state index in [0.29, 0.717) is 11.5 Å². The zero-order valence-corrected chi connectivity index (χ0v) is 10.5. The number of piperidine rings is 1. The highest BCUT2D eigenvalue weighted by Gasteiger charge is 2.13. The molecule has 0 spiro atoms. The average molecular weight is 256 g/mol. The van der Waals surface area contributed by atoms with Gasteiger partial charge in [-0.1, -0.05) is 0 Å². The number of nitrogens with one attached hydrogen (secondary N) is 1. The molecule has 1 unspecified atom stereocenters. The first-order chi connectivity index (χ1) is 7.88. The molecule has 1 N–H and O–H groups in total. The highest BCUT2D eigenvalue weighted by molar-refractivity contribution is 5.85. The first-order valence-electron chi connectivity index (χ1n) is 5.77. The van der Waals surface area contributed by atoms with Gasteiger partial charge in [0.05, 0.1) is 6.61 Å². The van der Waals surface area contributed by atoms with Crippen molar-refractivity contribution in [2.75, 3.05) is 19.7 Å². The van der Waals surface area contributed by atoms with Gasteiger partial charge in [0, 0.05) is 18.0 Å². The molecule has 17 heavy (non-hydrogen) atoms. The van der Waals surface area contributed by atoms with Gasteiger partial charge >= 0.3 is 0 Å². The third kappa shape index (κ3) is 4.36. The van der Waals surface area contributed by atoms with Crippen molar-refractivity contribution in [3.63, 3.8) is 0 Å². The van der Waals surface area contributed by atoms with Crippen molar-refractivity contribution >= 4 is 18.7 Å². The molecule has 94 valence electrons. The van der Waals surface area contributed by atoms with E-state index in [1.165, 1.54) is 12.8 Å². The molecule has 1 heterocycles. The fourth-order valence-corrected chi connectivity index (χ4v) is 1.92. The van der Waals surface area contributed by atoms with Gasteiger partial charge in [-0.25, -0.2) is 0 Å². The highest BCUT2D eigenvalue weighted by Crippen LogP contribution is 2.15. The zero-order valence-electron chi connectivity index (χ0n) is 9.72. The summed E-state index contributed by atoms with van der Waals surface area (Å²) in [5, 5.41) is 3.36. The maximum Gasteiger partial charge on any atom is 0.150 e. The van der Waals surface area contributed by atoms with Crippen molar-refractivity contribution < 1.29 is 9.53 Å². The summed E-state index contributed by atoms with van der Waals surface area (Å²) in [5.74, 6) is 1.45. The van der Waals surface area contributed by atoms with E-state index in [2.05, 4.69) is 5.32 Å². The van der Waals surface area contributed by atoms with E-state index in [1.807, 2.05) is 12.1 Å². The van der Waals surface area contributed by atoms with E-state index in [-0.39, 0.29) is 12.4 Å². The van der Waals surface area contributed by atoms with Gasteiger partial charge in [0.25, 0.3) is 0 Å². The lowest BCUT2D eigenvalue weighted by molar-refractivity contribution is 0.112. The number of halogens is 1. The van der Waals surface area contributed by atoms with Crippen LogP contribution in [0.3, 0.4) is 0 Å². The lowest BCUT2D eigenvalue weighted by atomic mass is 10.0. The Kier molecular flexibility index (Phi) is 6.01. The summed E-state index contributed by atoms with van der Waals surface area (Å²) >= 11 is 0. The van der Waals surface area contributed by atoms with Crippen LogP contribution in [-0.2, 0) is 0 Å². The molecular formula is C13H18ClNO2. The summed E-state index contributed by atoms with van der Waals surface area (Å²) in [4.78, 5) is 10.5. The predicted octanol–water partition coefficient (Wildman–Crippen LogP) is 2.30. The summed E-state index contributed by atoms with van der Waals surface area (Å²) < 4.78 is 5.69. The van der Waals surface area contributed by atoms with Crippen LogP contribution in [0.15, 0.2) is 24.3 Å². The molecule has 1 aromatic rings. The molecule has 1 fully saturated rings. The topological polar surface area (TPSA) is 38.3 Å². The first kappa shape index (κ1) is 14.0. The third-order valence-electron chi connectivity index (χ3n) is 2.90. The van der Waals surface area contributed by atoms with Crippen molar-refractivity contribution in [2.45, 2.75) is 12.8 Å². The summed E-state index contributed by atoms with van der Waals surface area (Å²) in [6.07, 6.45) is 3.31. The average Bonchev–Trinajstić information content (AvgIpc) is 2.38. The van der Waals surface area contributed by atoms with Gasteiger partial charge in [-0.2, -0.15) is 0 Å². The van der Waals surface area contributed by atoms with Crippen LogP contribution < -0.4 is 10.1 Å². The Bertz CT molecular complexity index is 334. The predicted molar refractivity (Wildman–Crippen MR) is 70.2 cm³/mol. The van der Waals surface area contributed by atoms with Crippen LogP contribution in [0.1, 0.15) is 23.2 Å². The molecule has 1 saturated heterocycles. The summed E-state index contributed by atoms with van der Waals surface area (Å²) in [7, 11) is 0. The molecule has 0 aromatic heterocycles. The first-order valence-corrected chi connectivity index (χ1v) is 5.77. The second-order valence-corrected chi connectivity index (χ2v) is 4.21. The number of aldehydes is 1. The minimum Gasteiger partial charge on any atom is -0.493 e. The lowest BCUT2D eigenvalue weighted by Gasteiger charge is -2.22. The number of hydrogen-bond acceptors (Lipinski definition) is 3. The normalized spacial score (nSPS) is 19.2. The van der Waals surface area contributed by atoms with E-state index in [0.717, 1.165) is 31.7 Å². The van der Waals surface area contributed by atoms with Crippen LogP contribution >= 0.6 is 12.4 Å². The Hall–Kier alpha value is -1.06. The minimum absolute atomic E-state index is 0. The Labute approximate surface area is 108 Å². The highest BCUT2D eigenvalue weighted by atomic mass is 35.5. The van der Waals surface area contributed by atoms with Gasteiger partial charge in [-0.3, -0.25) is 4.79 Å². The van der Waals surface area contributed by atoms with E-state index < -0.39 is 0 Å². The second kappa shape index (κ2) is 7.30. The molecule has 0 radical (unpaired) electrons. The number of ether oxygens (including phenoxy) is 1. The molecule has 0 saturated carbocycles. The van der Waals surface area contributed by atoms with E-state index in [4.69, 9.17) is 4.74 Å². The van der Waals surface area contributed by atoms with Gasteiger partial charge in [-0.05, 0) is 43.7 Å². The fraction of sp³-hybridized carbons (Fsp3) is 0.462. The molecule has 1 aliphatic rings. The van der Waals surface area contributed by atoms with Crippen molar-refractivity contribution in [2.24, 2.45) is 5.92 Å². The molecule has 1 atom stereocenters. The van der Waals surface area contributed by atoms with Crippen LogP contribution in [-0.4, -0.2) is 26.0 Å². The van der Waals surface area contributed by atoms with E-state index >= 15 is 0 Å². The van der Waals surface area contributed by atoms with Crippen molar-refractivity contribution in [3.05, 3.63) is 29.8 Å². The molecule has 0 amide bonds. The Morgan fingerprint density at radius 3 is 2.71 bits per heavy atom. The molecule has 3 nitrogen and oxygen atoms in total. The van der Waals surface area contributed by atoms with Crippen LogP contribution in [0.2, 0.25) is 0 Å². The molecule has 2 rings (SSSR count). The lowest BCUT2D eigenvalue weighted by Crippen LogP contribution is -2.33. The number of benzene rings is 1. The van der Waals surface area contributed by atoms with Crippen LogP contribution in [0, 0.1) is 5.92 Å². The Balaban J connectivity index is 0.00000144. The number of rotatable bonds is 4. The van der Waals surface area contributed by atoms with Gasteiger partial charge in [0.2, 0.25) is 0 Å². The number of carbonyl (C=O) groups excluding carboxylic acids is 1. The number of carbonyl (C=O) groups is 1. The Morgan fingerprint density at radius 1 is 1.35 bits per heavy atom.